The molecule has 4 heterocycles. The van der Waals surface area contributed by atoms with Gasteiger partial charge in [-0.1, -0.05) is 12.5 Å². The predicted molar refractivity (Wildman–Crippen MR) is 154 cm³/mol. The number of carbonyl (C=O) groups excluding carboxylic acids is 1. The highest BCUT2D eigenvalue weighted by molar-refractivity contribution is 5.84. The largest absolute Gasteiger partial charge is 0.487 e. The zero-order valence-electron chi connectivity index (χ0n) is 23.3. The third-order valence-corrected chi connectivity index (χ3v) is 7.94. The number of hydrogen-bond acceptors (Lipinski definition) is 8. The second kappa shape index (κ2) is 11.2. The summed E-state index contributed by atoms with van der Waals surface area (Å²) >= 11 is 0. The Kier molecular flexibility index (Phi) is 7.34. The van der Waals surface area contributed by atoms with Crippen molar-refractivity contribution in [1.82, 2.24) is 34.7 Å². The highest BCUT2D eigenvalue weighted by atomic mass is 16.5. The molecular formula is C30H36N8O2. The zero-order valence-corrected chi connectivity index (χ0v) is 23.3. The van der Waals surface area contributed by atoms with E-state index in [1.54, 1.807) is 6.20 Å². The third-order valence-electron chi connectivity index (χ3n) is 7.94. The number of H-pyrrole nitrogens is 1. The Morgan fingerprint density at radius 1 is 1.07 bits per heavy atom. The number of piperazine rings is 1. The summed E-state index contributed by atoms with van der Waals surface area (Å²) in [5.41, 5.74) is 4.56. The number of imidazole rings is 1. The number of aromatic nitrogens is 5. The van der Waals surface area contributed by atoms with E-state index in [-0.39, 0.29) is 18.1 Å². The number of nitrogens with one attached hydrogen (secondary N) is 2. The second-order valence-electron chi connectivity index (χ2n) is 11.0. The number of rotatable bonds is 8. The summed E-state index contributed by atoms with van der Waals surface area (Å²) < 4.78 is 5.91. The summed E-state index contributed by atoms with van der Waals surface area (Å²) in [7, 11) is 0. The number of benzene rings is 1. The van der Waals surface area contributed by atoms with Crippen LogP contribution in [0.1, 0.15) is 51.6 Å². The van der Waals surface area contributed by atoms with Crippen molar-refractivity contribution in [3.05, 3.63) is 54.6 Å². The molecule has 40 heavy (non-hydrogen) atoms. The number of fused-ring (bicyclic) bond motifs is 1. The smallest absolute Gasteiger partial charge is 0.225 e. The molecule has 4 aromatic rings. The number of ether oxygens (including phenoxy) is 1. The Labute approximate surface area is 234 Å². The van der Waals surface area contributed by atoms with Crippen LogP contribution in [-0.4, -0.2) is 72.9 Å². The Morgan fingerprint density at radius 2 is 1.90 bits per heavy atom. The lowest BCUT2D eigenvalue weighted by Crippen LogP contribution is -2.51. The van der Waals surface area contributed by atoms with Crippen LogP contribution in [0.5, 0.6) is 5.75 Å². The molecule has 1 unspecified atom stereocenters. The molecule has 0 spiro atoms. The molecule has 2 fully saturated rings. The first-order chi connectivity index (χ1) is 19.4. The SMILES string of the molecule is CC(C)Oc1cncnc1-c1ccc2nc(Nc3cc(C(C)N4CCN(C(=O)C5CCC5)CC4)ccn3)[nH]c2c1. The first kappa shape index (κ1) is 26.2. The van der Waals surface area contributed by atoms with Gasteiger partial charge in [0.15, 0.2) is 5.75 Å². The summed E-state index contributed by atoms with van der Waals surface area (Å²) in [6, 6.07) is 10.3. The van der Waals surface area contributed by atoms with Crippen LogP contribution in [0.2, 0.25) is 0 Å². The maximum atomic E-state index is 12.6. The zero-order chi connectivity index (χ0) is 27.6. The van der Waals surface area contributed by atoms with Gasteiger partial charge in [0.05, 0.1) is 23.3 Å². The van der Waals surface area contributed by atoms with Gasteiger partial charge in [-0.2, -0.15) is 0 Å². The minimum atomic E-state index is 0.0215. The highest BCUT2D eigenvalue weighted by Gasteiger charge is 2.32. The lowest BCUT2D eigenvalue weighted by atomic mass is 9.84. The van der Waals surface area contributed by atoms with Crippen molar-refractivity contribution in [2.24, 2.45) is 5.92 Å². The first-order valence-corrected chi connectivity index (χ1v) is 14.2. The average molecular weight is 541 g/mol. The van der Waals surface area contributed by atoms with Gasteiger partial charge in [0.2, 0.25) is 11.9 Å². The fraction of sp³-hybridized carbons (Fsp3) is 0.433. The molecule has 1 aliphatic heterocycles. The van der Waals surface area contributed by atoms with Crippen molar-refractivity contribution in [3.63, 3.8) is 0 Å². The molecule has 10 heteroatoms. The fourth-order valence-electron chi connectivity index (χ4n) is 5.44. The molecule has 1 aliphatic carbocycles. The van der Waals surface area contributed by atoms with E-state index in [0.717, 1.165) is 67.1 Å². The summed E-state index contributed by atoms with van der Waals surface area (Å²) in [6.07, 6.45) is 8.39. The van der Waals surface area contributed by atoms with Gasteiger partial charge >= 0.3 is 0 Å². The molecule has 0 bridgehead atoms. The maximum absolute atomic E-state index is 12.6. The number of anilines is 2. The van der Waals surface area contributed by atoms with Gasteiger partial charge < -0.3 is 19.9 Å². The van der Waals surface area contributed by atoms with Gasteiger partial charge in [-0.15, -0.1) is 0 Å². The molecule has 208 valence electrons. The molecule has 1 saturated heterocycles. The van der Waals surface area contributed by atoms with E-state index in [9.17, 15) is 4.79 Å². The predicted octanol–water partition coefficient (Wildman–Crippen LogP) is 4.95. The molecule has 1 saturated carbocycles. The molecule has 0 radical (unpaired) electrons. The monoisotopic (exact) mass is 540 g/mol. The molecular weight excluding hydrogens is 504 g/mol. The van der Waals surface area contributed by atoms with Gasteiger partial charge in [0, 0.05) is 49.9 Å². The highest BCUT2D eigenvalue weighted by Crippen LogP contribution is 2.31. The van der Waals surface area contributed by atoms with Gasteiger partial charge in [-0.3, -0.25) is 9.69 Å². The number of nitrogens with zero attached hydrogens (tertiary/aromatic N) is 6. The van der Waals surface area contributed by atoms with Gasteiger partial charge in [-0.05, 0) is 63.4 Å². The molecule has 3 aromatic heterocycles. The van der Waals surface area contributed by atoms with Crippen molar-refractivity contribution in [3.8, 4) is 17.0 Å². The number of aromatic amines is 1. The lowest BCUT2D eigenvalue weighted by Gasteiger charge is -2.40. The molecule has 2 N–H and O–H groups in total. The molecule has 1 atom stereocenters. The van der Waals surface area contributed by atoms with Crippen LogP contribution in [0, 0.1) is 5.92 Å². The number of pyridine rings is 1. The first-order valence-electron chi connectivity index (χ1n) is 14.2. The van der Waals surface area contributed by atoms with Crippen LogP contribution in [-0.2, 0) is 4.79 Å². The van der Waals surface area contributed by atoms with E-state index in [4.69, 9.17) is 9.72 Å². The van der Waals surface area contributed by atoms with Gasteiger partial charge in [0.25, 0.3) is 0 Å². The number of hydrogen-bond donors (Lipinski definition) is 2. The van der Waals surface area contributed by atoms with E-state index in [2.05, 4.69) is 54.1 Å². The second-order valence-corrected chi connectivity index (χ2v) is 11.0. The van der Waals surface area contributed by atoms with E-state index >= 15 is 0 Å². The number of carbonyl (C=O) groups is 1. The van der Waals surface area contributed by atoms with Crippen LogP contribution in [0.25, 0.3) is 22.3 Å². The van der Waals surface area contributed by atoms with E-state index in [0.29, 0.717) is 17.6 Å². The summed E-state index contributed by atoms with van der Waals surface area (Å²) in [5.74, 6) is 2.62. The van der Waals surface area contributed by atoms with Crippen LogP contribution >= 0.6 is 0 Å². The van der Waals surface area contributed by atoms with Crippen molar-refractivity contribution in [2.45, 2.75) is 52.2 Å². The van der Waals surface area contributed by atoms with Crippen LogP contribution in [0.15, 0.2) is 49.1 Å². The van der Waals surface area contributed by atoms with Crippen molar-refractivity contribution < 1.29 is 9.53 Å². The topological polar surface area (TPSA) is 112 Å². The molecule has 2 aliphatic rings. The Balaban J connectivity index is 1.13. The van der Waals surface area contributed by atoms with E-state index < -0.39 is 0 Å². The Bertz CT molecular complexity index is 1490. The molecule has 1 amide bonds. The van der Waals surface area contributed by atoms with Crippen LogP contribution < -0.4 is 10.1 Å². The van der Waals surface area contributed by atoms with E-state index in [1.165, 1.54) is 18.3 Å². The molecule has 10 nitrogen and oxygen atoms in total. The fourth-order valence-corrected chi connectivity index (χ4v) is 5.44. The Hall–Kier alpha value is -4.05. The summed E-state index contributed by atoms with van der Waals surface area (Å²) in [4.78, 5) is 38.3. The standard InChI is InChI=1S/C30H36N8O2/c1-19(2)40-26-17-31-18-33-28(26)23-7-8-24-25(15-23)35-30(34-24)36-27-16-22(9-10-32-27)20(3)37-11-13-38(14-12-37)29(39)21-5-4-6-21/h7-10,15-21H,4-6,11-14H2,1-3H3,(H2,32,34,35,36). The normalized spacial score (nSPS) is 17.1. The van der Waals surface area contributed by atoms with Crippen molar-refractivity contribution in [2.75, 3.05) is 31.5 Å². The van der Waals surface area contributed by atoms with Gasteiger partial charge in [-0.25, -0.2) is 19.9 Å². The maximum Gasteiger partial charge on any atom is 0.225 e. The summed E-state index contributed by atoms with van der Waals surface area (Å²) in [6.45, 7) is 9.55. The quantitative estimate of drug-likeness (QED) is 0.323. The lowest BCUT2D eigenvalue weighted by molar-refractivity contribution is -0.140. The molecule has 6 rings (SSSR count). The summed E-state index contributed by atoms with van der Waals surface area (Å²) in [5, 5.41) is 3.34. The van der Waals surface area contributed by atoms with Crippen molar-refractivity contribution >= 4 is 28.7 Å². The van der Waals surface area contributed by atoms with Gasteiger partial charge in [0.1, 0.15) is 17.8 Å². The molecule has 1 aromatic carbocycles. The van der Waals surface area contributed by atoms with Crippen LogP contribution in [0.3, 0.4) is 0 Å². The van der Waals surface area contributed by atoms with Crippen molar-refractivity contribution in [1.29, 1.82) is 0 Å². The Morgan fingerprint density at radius 3 is 2.65 bits per heavy atom. The van der Waals surface area contributed by atoms with E-state index in [1.807, 2.05) is 38.2 Å². The third kappa shape index (κ3) is 5.49. The minimum Gasteiger partial charge on any atom is -0.487 e. The number of amides is 1. The average Bonchev–Trinajstić information content (AvgIpc) is 3.33. The van der Waals surface area contributed by atoms with Crippen LogP contribution in [0.4, 0.5) is 11.8 Å². The minimum absolute atomic E-state index is 0.0215.